The van der Waals surface area contributed by atoms with E-state index >= 15 is 0 Å². The van der Waals surface area contributed by atoms with Gasteiger partial charge in [0, 0.05) is 16.5 Å². The lowest BCUT2D eigenvalue weighted by Crippen LogP contribution is -1.99. The molecule has 1 nitrogen and oxygen atoms in total. The van der Waals surface area contributed by atoms with Gasteiger partial charge in [0.25, 0.3) is 0 Å². The van der Waals surface area contributed by atoms with Crippen LogP contribution in [0.25, 0.3) is 0 Å². The molecule has 3 heteroatoms. The van der Waals surface area contributed by atoms with Crippen LogP contribution in [-0.4, -0.2) is 6.61 Å². The first-order chi connectivity index (χ1) is 10.2. The maximum Gasteiger partial charge on any atom is 0.127 e. The van der Waals surface area contributed by atoms with Gasteiger partial charge in [-0.25, -0.2) is 0 Å². The summed E-state index contributed by atoms with van der Waals surface area (Å²) < 4.78 is 6.89. The number of alkyl halides is 1. The Morgan fingerprint density at radius 1 is 1.00 bits per heavy atom. The zero-order valence-electron chi connectivity index (χ0n) is 11.7. The van der Waals surface area contributed by atoms with Crippen LogP contribution >= 0.6 is 27.5 Å². The second-order valence-electron chi connectivity index (χ2n) is 5.83. The SMILES string of the molecule is ClC(c1ccc2c(c1)CCC2)c1cc(Br)cc2c1OCC2. The maximum atomic E-state index is 6.79. The second kappa shape index (κ2) is 5.33. The van der Waals surface area contributed by atoms with Crippen LogP contribution in [0.15, 0.2) is 34.8 Å². The molecule has 0 saturated carbocycles. The quantitative estimate of drug-likeness (QED) is 0.666. The van der Waals surface area contributed by atoms with Gasteiger partial charge in [0.15, 0.2) is 0 Å². The van der Waals surface area contributed by atoms with Gasteiger partial charge in [0.2, 0.25) is 0 Å². The molecule has 1 aliphatic carbocycles. The molecular weight excluding hydrogens is 348 g/mol. The zero-order chi connectivity index (χ0) is 14.4. The summed E-state index contributed by atoms with van der Waals surface area (Å²) >= 11 is 10.4. The first kappa shape index (κ1) is 13.7. The lowest BCUT2D eigenvalue weighted by molar-refractivity contribution is 0.353. The van der Waals surface area contributed by atoms with Gasteiger partial charge in [-0.15, -0.1) is 11.6 Å². The van der Waals surface area contributed by atoms with Gasteiger partial charge in [-0.1, -0.05) is 34.1 Å². The van der Waals surface area contributed by atoms with Crippen LogP contribution in [0, 0.1) is 0 Å². The third kappa shape index (κ3) is 2.39. The van der Waals surface area contributed by atoms with Crippen molar-refractivity contribution in [3.8, 4) is 5.75 Å². The Balaban J connectivity index is 1.77. The summed E-state index contributed by atoms with van der Waals surface area (Å²) in [4.78, 5) is 0. The molecule has 1 aliphatic heterocycles. The van der Waals surface area contributed by atoms with Crippen LogP contribution < -0.4 is 4.74 Å². The van der Waals surface area contributed by atoms with Crippen molar-refractivity contribution in [1.82, 2.24) is 0 Å². The van der Waals surface area contributed by atoms with E-state index in [9.17, 15) is 0 Å². The monoisotopic (exact) mass is 362 g/mol. The molecule has 0 bridgehead atoms. The third-order valence-electron chi connectivity index (χ3n) is 4.47. The van der Waals surface area contributed by atoms with E-state index in [4.69, 9.17) is 16.3 Å². The molecule has 0 radical (unpaired) electrons. The number of rotatable bonds is 2. The summed E-state index contributed by atoms with van der Waals surface area (Å²) in [6.45, 7) is 0.757. The summed E-state index contributed by atoms with van der Waals surface area (Å²) in [5.74, 6) is 0.985. The molecule has 108 valence electrons. The van der Waals surface area contributed by atoms with Crippen molar-refractivity contribution < 1.29 is 4.74 Å². The highest BCUT2D eigenvalue weighted by Crippen LogP contribution is 2.42. The van der Waals surface area contributed by atoms with E-state index in [1.54, 1.807) is 0 Å². The van der Waals surface area contributed by atoms with Crippen LogP contribution in [0.3, 0.4) is 0 Å². The maximum absolute atomic E-state index is 6.79. The van der Waals surface area contributed by atoms with Gasteiger partial charge in [0.1, 0.15) is 5.75 Å². The normalized spacial score (nSPS) is 17.2. The Bertz CT molecular complexity index is 711. The molecule has 2 aromatic rings. The molecule has 0 spiro atoms. The molecule has 0 N–H and O–H groups in total. The Morgan fingerprint density at radius 2 is 1.86 bits per heavy atom. The summed E-state index contributed by atoms with van der Waals surface area (Å²) in [6.07, 6.45) is 4.62. The number of ether oxygens (including phenoxy) is 1. The van der Waals surface area contributed by atoms with Crippen molar-refractivity contribution >= 4 is 27.5 Å². The zero-order valence-corrected chi connectivity index (χ0v) is 14.0. The molecule has 0 amide bonds. The summed E-state index contributed by atoms with van der Waals surface area (Å²) in [7, 11) is 0. The van der Waals surface area contributed by atoms with Gasteiger partial charge < -0.3 is 4.74 Å². The highest BCUT2D eigenvalue weighted by molar-refractivity contribution is 9.10. The van der Waals surface area contributed by atoms with Gasteiger partial charge in [0.05, 0.1) is 12.0 Å². The van der Waals surface area contributed by atoms with Gasteiger partial charge in [-0.3, -0.25) is 0 Å². The largest absolute Gasteiger partial charge is 0.493 e. The Hall–Kier alpha value is -0.990. The second-order valence-corrected chi connectivity index (χ2v) is 7.18. The molecular formula is C18H16BrClO. The highest BCUT2D eigenvalue weighted by atomic mass is 79.9. The molecule has 1 heterocycles. The van der Waals surface area contributed by atoms with Gasteiger partial charge >= 0.3 is 0 Å². The van der Waals surface area contributed by atoms with E-state index in [0.29, 0.717) is 0 Å². The molecule has 21 heavy (non-hydrogen) atoms. The highest BCUT2D eigenvalue weighted by Gasteiger charge is 2.24. The number of fused-ring (bicyclic) bond motifs is 2. The summed E-state index contributed by atoms with van der Waals surface area (Å²) in [5, 5.41) is -0.153. The average molecular weight is 364 g/mol. The first-order valence-corrected chi connectivity index (χ1v) is 8.66. The van der Waals surface area contributed by atoms with Crippen molar-refractivity contribution in [2.24, 2.45) is 0 Å². The lowest BCUT2D eigenvalue weighted by Gasteiger charge is -2.16. The van der Waals surface area contributed by atoms with E-state index < -0.39 is 0 Å². The fourth-order valence-electron chi connectivity index (χ4n) is 3.42. The van der Waals surface area contributed by atoms with Crippen molar-refractivity contribution in [1.29, 1.82) is 0 Å². The number of halogens is 2. The molecule has 2 aromatic carbocycles. The average Bonchev–Trinajstić information content (AvgIpc) is 3.12. The minimum absolute atomic E-state index is 0.153. The fourth-order valence-corrected chi connectivity index (χ4v) is 4.24. The fraction of sp³-hybridized carbons (Fsp3) is 0.333. The third-order valence-corrected chi connectivity index (χ3v) is 5.41. The van der Waals surface area contributed by atoms with E-state index in [0.717, 1.165) is 28.8 Å². The van der Waals surface area contributed by atoms with E-state index in [-0.39, 0.29) is 5.38 Å². The van der Waals surface area contributed by atoms with Crippen molar-refractivity contribution in [2.75, 3.05) is 6.61 Å². The number of hydrogen-bond acceptors (Lipinski definition) is 1. The van der Waals surface area contributed by atoms with Crippen LogP contribution in [0.5, 0.6) is 5.75 Å². The molecule has 0 fully saturated rings. The molecule has 0 aromatic heterocycles. The first-order valence-electron chi connectivity index (χ1n) is 7.43. The van der Waals surface area contributed by atoms with E-state index in [1.165, 1.54) is 41.5 Å². The van der Waals surface area contributed by atoms with E-state index in [2.05, 4.69) is 46.3 Å². The van der Waals surface area contributed by atoms with Crippen molar-refractivity contribution in [3.63, 3.8) is 0 Å². The van der Waals surface area contributed by atoms with Crippen molar-refractivity contribution in [2.45, 2.75) is 31.1 Å². The van der Waals surface area contributed by atoms with Crippen LogP contribution in [0.4, 0.5) is 0 Å². The summed E-state index contributed by atoms with van der Waals surface area (Å²) in [5.41, 5.74) is 6.46. The smallest absolute Gasteiger partial charge is 0.127 e. The van der Waals surface area contributed by atoms with Crippen molar-refractivity contribution in [3.05, 3.63) is 62.6 Å². The topological polar surface area (TPSA) is 9.23 Å². The molecule has 4 rings (SSSR count). The summed E-state index contributed by atoms with van der Waals surface area (Å²) in [6, 6.07) is 10.9. The standard InChI is InChI=1S/C18H16BrClO/c19-15-9-14-6-7-21-18(14)16(10-15)17(20)13-5-4-11-2-1-3-12(11)8-13/h4-5,8-10,17H,1-3,6-7H2. The van der Waals surface area contributed by atoms with Crippen LogP contribution in [0.2, 0.25) is 0 Å². The Labute approximate surface area is 138 Å². The van der Waals surface area contributed by atoms with E-state index in [1.807, 2.05) is 0 Å². The Morgan fingerprint density at radius 3 is 2.76 bits per heavy atom. The predicted octanol–water partition coefficient (Wildman–Crippen LogP) is 5.20. The Kier molecular flexibility index (Phi) is 3.47. The molecule has 0 saturated heterocycles. The number of benzene rings is 2. The van der Waals surface area contributed by atoms with Crippen LogP contribution in [-0.2, 0) is 19.3 Å². The minimum Gasteiger partial charge on any atom is -0.493 e. The minimum atomic E-state index is -0.153. The number of hydrogen-bond donors (Lipinski definition) is 0. The predicted molar refractivity (Wildman–Crippen MR) is 89.5 cm³/mol. The van der Waals surface area contributed by atoms with Gasteiger partial charge in [-0.05, 0) is 53.6 Å². The molecule has 2 aliphatic rings. The number of aryl methyl sites for hydroxylation is 2. The lowest BCUT2D eigenvalue weighted by atomic mass is 9.98. The molecule has 1 unspecified atom stereocenters. The van der Waals surface area contributed by atoms with Gasteiger partial charge in [-0.2, -0.15) is 0 Å². The van der Waals surface area contributed by atoms with Crippen LogP contribution in [0.1, 0.15) is 39.6 Å². The molecule has 1 atom stereocenters.